The molecule has 7 heteroatoms. The van der Waals surface area contributed by atoms with Gasteiger partial charge in [-0.25, -0.2) is 4.98 Å². The van der Waals surface area contributed by atoms with E-state index in [1.54, 1.807) is 24.5 Å². The average Bonchev–Trinajstić information content (AvgIpc) is 2.92. The topological polar surface area (TPSA) is 52.1 Å². The third kappa shape index (κ3) is 5.50. The molecule has 0 spiro atoms. The van der Waals surface area contributed by atoms with Gasteiger partial charge in [0.2, 0.25) is 0 Å². The van der Waals surface area contributed by atoms with Gasteiger partial charge >= 0.3 is 6.18 Å². The van der Waals surface area contributed by atoms with Crippen molar-refractivity contribution in [2.75, 3.05) is 13.2 Å². The van der Waals surface area contributed by atoms with Crippen LogP contribution >= 0.6 is 0 Å². The van der Waals surface area contributed by atoms with Crippen molar-refractivity contribution in [3.05, 3.63) is 53.6 Å². The highest BCUT2D eigenvalue weighted by Crippen LogP contribution is 2.21. The zero-order valence-corrected chi connectivity index (χ0v) is 12.0. The van der Waals surface area contributed by atoms with E-state index >= 15 is 0 Å². The van der Waals surface area contributed by atoms with E-state index < -0.39 is 12.6 Å². The van der Waals surface area contributed by atoms with Crippen LogP contribution in [0.1, 0.15) is 17.0 Å². The van der Waals surface area contributed by atoms with E-state index in [0.29, 0.717) is 19.6 Å². The van der Waals surface area contributed by atoms with Crippen LogP contribution in [0.4, 0.5) is 13.2 Å². The monoisotopic (exact) mass is 313 g/mol. The lowest BCUT2D eigenvalue weighted by atomic mass is 10.1. The van der Waals surface area contributed by atoms with E-state index in [0.717, 1.165) is 11.4 Å². The van der Waals surface area contributed by atoms with Gasteiger partial charge in [0, 0.05) is 25.5 Å². The molecule has 0 saturated heterocycles. The van der Waals surface area contributed by atoms with Crippen LogP contribution in [0.15, 0.2) is 36.7 Å². The number of halogens is 3. The number of aliphatic hydroxyl groups is 1. The van der Waals surface area contributed by atoms with Crippen LogP contribution in [0, 0.1) is 0 Å². The third-order valence-corrected chi connectivity index (χ3v) is 3.18. The number of H-pyrrole nitrogens is 1. The number of rotatable bonds is 7. The quantitative estimate of drug-likeness (QED) is 0.826. The first kappa shape index (κ1) is 16.5. The van der Waals surface area contributed by atoms with E-state index in [1.165, 1.54) is 12.1 Å². The third-order valence-electron chi connectivity index (χ3n) is 3.18. The molecule has 22 heavy (non-hydrogen) atoms. The molecule has 0 radical (unpaired) electrons. The second-order valence-corrected chi connectivity index (χ2v) is 5.08. The Morgan fingerprint density at radius 3 is 2.32 bits per heavy atom. The Labute approximate surface area is 126 Å². The Kier molecular flexibility index (Phi) is 5.57. The zero-order chi connectivity index (χ0) is 16.0. The van der Waals surface area contributed by atoms with Crippen LogP contribution in [0.3, 0.4) is 0 Å². The first-order chi connectivity index (χ1) is 10.5. The van der Waals surface area contributed by atoms with Gasteiger partial charge in [0.25, 0.3) is 0 Å². The van der Waals surface area contributed by atoms with E-state index in [2.05, 4.69) is 9.97 Å². The van der Waals surface area contributed by atoms with E-state index in [-0.39, 0.29) is 12.2 Å². The van der Waals surface area contributed by atoms with Crippen LogP contribution in [0.5, 0.6) is 0 Å². The summed E-state index contributed by atoms with van der Waals surface area (Å²) in [5.41, 5.74) is 1.14. The van der Waals surface area contributed by atoms with Crippen LogP contribution in [0.2, 0.25) is 0 Å². The lowest BCUT2D eigenvalue weighted by molar-refractivity contribution is -0.127. The predicted octanol–water partition coefficient (Wildman–Crippen LogP) is 2.51. The van der Waals surface area contributed by atoms with Crippen LogP contribution < -0.4 is 0 Å². The molecule has 0 unspecified atom stereocenters. The highest BCUT2D eigenvalue weighted by Gasteiger charge is 2.27. The van der Waals surface area contributed by atoms with Crippen LogP contribution in [0.25, 0.3) is 0 Å². The molecule has 0 fully saturated rings. The van der Waals surface area contributed by atoms with Crippen molar-refractivity contribution in [3.63, 3.8) is 0 Å². The minimum atomic E-state index is -4.19. The number of imidazole rings is 1. The first-order valence-corrected chi connectivity index (χ1v) is 6.92. The van der Waals surface area contributed by atoms with Crippen molar-refractivity contribution in [1.29, 1.82) is 0 Å². The maximum atomic E-state index is 12.3. The summed E-state index contributed by atoms with van der Waals surface area (Å²) in [7, 11) is 0. The zero-order valence-electron chi connectivity index (χ0n) is 12.0. The van der Waals surface area contributed by atoms with Gasteiger partial charge in [-0.3, -0.25) is 4.90 Å². The Morgan fingerprint density at radius 2 is 1.77 bits per heavy atom. The van der Waals surface area contributed by atoms with Gasteiger partial charge in [-0.1, -0.05) is 24.3 Å². The normalized spacial score (nSPS) is 12.0. The molecule has 0 atom stereocenters. The summed E-state index contributed by atoms with van der Waals surface area (Å²) in [4.78, 5) is 9.09. The molecule has 0 aliphatic carbocycles. The molecular weight excluding hydrogens is 295 g/mol. The number of aromatic amines is 1. The highest BCUT2D eigenvalue weighted by molar-refractivity contribution is 5.23. The summed E-state index contributed by atoms with van der Waals surface area (Å²) < 4.78 is 37.0. The van der Waals surface area contributed by atoms with Crippen molar-refractivity contribution < 1.29 is 18.3 Å². The number of nitrogens with zero attached hydrogens (tertiary/aromatic N) is 2. The maximum absolute atomic E-state index is 12.3. The minimum absolute atomic E-state index is 0.00681. The molecule has 0 bridgehead atoms. The molecule has 1 aromatic heterocycles. The van der Waals surface area contributed by atoms with Crippen molar-refractivity contribution in [2.24, 2.45) is 0 Å². The molecular formula is C15H18F3N3O. The van der Waals surface area contributed by atoms with Gasteiger partial charge in [-0.05, 0) is 11.1 Å². The molecule has 120 valence electrons. The molecule has 0 amide bonds. The van der Waals surface area contributed by atoms with Gasteiger partial charge in [-0.2, -0.15) is 13.2 Å². The fourth-order valence-electron chi connectivity index (χ4n) is 2.20. The first-order valence-electron chi connectivity index (χ1n) is 6.92. The lowest BCUT2D eigenvalue weighted by Crippen LogP contribution is -2.26. The summed E-state index contributed by atoms with van der Waals surface area (Å²) in [6, 6.07) is 6.36. The molecule has 2 aromatic rings. The van der Waals surface area contributed by atoms with Crippen molar-refractivity contribution in [2.45, 2.75) is 25.7 Å². The number of nitrogens with one attached hydrogen (secondary N) is 1. The van der Waals surface area contributed by atoms with Crippen molar-refractivity contribution >= 4 is 0 Å². The van der Waals surface area contributed by atoms with Gasteiger partial charge < -0.3 is 10.1 Å². The number of hydrogen-bond acceptors (Lipinski definition) is 3. The molecule has 0 saturated carbocycles. The number of aromatic nitrogens is 2. The molecule has 0 aliphatic heterocycles. The second-order valence-electron chi connectivity index (χ2n) is 5.08. The van der Waals surface area contributed by atoms with Crippen LogP contribution in [-0.2, 0) is 19.5 Å². The molecule has 4 nitrogen and oxygen atoms in total. The number of aliphatic hydroxyl groups excluding tert-OH is 1. The largest absolute Gasteiger partial charge is 0.395 e. The maximum Gasteiger partial charge on any atom is 0.393 e. The molecule has 0 aliphatic rings. The van der Waals surface area contributed by atoms with E-state index in [9.17, 15) is 13.2 Å². The molecule has 2 N–H and O–H groups in total. The van der Waals surface area contributed by atoms with Gasteiger partial charge in [0.1, 0.15) is 5.82 Å². The summed E-state index contributed by atoms with van der Waals surface area (Å²) in [5.74, 6) is 0.780. The van der Waals surface area contributed by atoms with E-state index in [4.69, 9.17) is 5.11 Å². The lowest BCUT2D eigenvalue weighted by Gasteiger charge is -2.20. The Bertz CT molecular complexity index is 552. The summed E-state index contributed by atoms with van der Waals surface area (Å²) in [5, 5.41) is 9.12. The standard InChI is InChI=1S/C15H18F3N3O/c16-15(17,18)9-12-1-3-13(4-2-12)10-21(7-8-22)11-14-19-5-6-20-14/h1-6,22H,7-11H2,(H,19,20). The van der Waals surface area contributed by atoms with Crippen molar-refractivity contribution in [3.8, 4) is 0 Å². The van der Waals surface area contributed by atoms with Gasteiger partial charge in [-0.15, -0.1) is 0 Å². The predicted molar refractivity (Wildman–Crippen MR) is 76.0 cm³/mol. The summed E-state index contributed by atoms with van der Waals surface area (Å²) in [6.45, 7) is 1.54. The van der Waals surface area contributed by atoms with Crippen molar-refractivity contribution in [1.82, 2.24) is 14.9 Å². The second kappa shape index (κ2) is 7.42. The Hall–Kier alpha value is -1.86. The van der Waals surface area contributed by atoms with E-state index in [1.807, 2.05) is 4.90 Å². The summed E-state index contributed by atoms with van der Waals surface area (Å²) in [6.07, 6.45) is -1.74. The molecule has 2 rings (SSSR count). The van der Waals surface area contributed by atoms with Crippen LogP contribution in [-0.4, -0.2) is 39.3 Å². The summed E-state index contributed by atoms with van der Waals surface area (Å²) >= 11 is 0. The molecule has 1 aromatic carbocycles. The highest BCUT2D eigenvalue weighted by atomic mass is 19.4. The Morgan fingerprint density at radius 1 is 1.09 bits per heavy atom. The fraction of sp³-hybridized carbons (Fsp3) is 0.400. The smallest absolute Gasteiger partial charge is 0.393 e. The minimum Gasteiger partial charge on any atom is -0.395 e. The van der Waals surface area contributed by atoms with Gasteiger partial charge in [0.15, 0.2) is 0 Å². The number of alkyl halides is 3. The number of hydrogen-bond donors (Lipinski definition) is 2. The number of benzene rings is 1. The SMILES string of the molecule is OCCN(Cc1ccc(CC(F)(F)F)cc1)Cc1ncc[nH]1. The fourth-order valence-corrected chi connectivity index (χ4v) is 2.20. The Balaban J connectivity index is 1.97. The van der Waals surface area contributed by atoms with Gasteiger partial charge in [0.05, 0.1) is 19.6 Å². The average molecular weight is 313 g/mol. The molecule has 1 heterocycles.